The van der Waals surface area contributed by atoms with Crippen LogP contribution in [-0.2, 0) is 12.8 Å². The average molecular weight is 493 g/mol. The Labute approximate surface area is 212 Å². The molecule has 0 saturated carbocycles. The van der Waals surface area contributed by atoms with Crippen LogP contribution in [0.5, 0.6) is 28.7 Å². The summed E-state index contributed by atoms with van der Waals surface area (Å²) in [6.07, 6.45) is 8.63. The molecule has 0 unspecified atom stereocenters. The van der Waals surface area contributed by atoms with E-state index in [9.17, 15) is 25.2 Å². The second-order valence-corrected chi connectivity index (χ2v) is 9.92. The third-order valence-electron chi connectivity index (χ3n) is 6.39. The number of hydrogen-bond donors (Lipinski definition) is 4. The van der Waals surface area contributed by atoms with Crippen LogP contribution in [0.1, 0.15) is 80.4 Å². The maximum absolute atomic E-state index is 13.5. The van der Waals surface area contributed by atoms with Crippen LogP contribution in [0.25, 0.3) is 0 Å². The van der Waals surface area contributed by atoms with Crippen LogP contribution < -0.4 is 4.74 Å². The lowest BCUT2D eigenvalue weighted by molar-refractivity contribution is 0.0889. The monoisotopic (exact) mass is 492 g/mol. The van der Waals surface area contributed by atoms with Gasteiger partial charge in [0.05, 0.1) is 5.92 Å². The molecule has 0 saturated heterocycles. The van der Waals surface area contributed by atoms with Crippen molar-refractivity contribution < 1.29 is 30.0 Å². The molecule has 0 bridgehead atoms. The molecule has 0 amide bonds. The molecule has 6 heteroatoms. The van der Waals surface area contributed by atoms with Crippen LogP contribution >= 0.6 is 0 Å². The fourth-order valence-corrected chi connectivity index (χ4v) is 4.24. The largest absolute Gasteiger partial charge is 0.508 e. The topological polar surface area (TPSA) is 107 Å². The first kappa shape index (κ1) is 26.9. The Balaban J connectivity index is 1.92. The number of benzene rings is 2. The maximum atomic E-state index is 13.5. The number of phenols is 4. The number of rotatable bonds is 8. The van der Waals surface area contributed by atoms with Gasteiger partial charge in [-0.1, -0.05) is 34.9 Å². The zero-order chi connectivity index (χ0) is 26.6. The van der Waals surface area contributed by atoms with E-state index in [-0.39, 0.29) is 52.9 Å². The van der Waals surface area contributed by atoms with E-state index >= 15 is 0 Å². The fraction of sp³-hybridized carbons (Fsp3) is 0.367. The number of ketones is 1. The van der Waals surface area contributed by atoms with Gasteiger partial charge in [0.25, 0.3) is 0 Å². The predicted octanol–water partition coefficient (Wildman–Crippen LogP) is 6.61. The molecule has 6 nitrogen and oxygen atoms in total. The van der Waals surface area contributed by atoms with Gasteiger partial charge in [-0.2, -0.15) is 0 Å². The van der Waals surface area contributed by atoms with Gasteiger partial charge in [0.2, 0.25) is 0 Å². The van der Waals surface area contributed by atoms with Crippen LogP contribution in [0.3, 0.4) is 0 Å². The molecule has 2 aromatic carbocycles. The lowest BCUT2D eigenvalue weighted by atomic mass is 9.85. The molecule has 4 N–H and O–H groups in total. The maximum Gasteiger partial charge on any atom is 0.181 e. The lowest BCUT2D eigenvalue weighted by Gasteiger charge is -2.27. The number of hydrogen-bond acceptors (Lipinski definition) is 6. The number of carbonyl (C=O) groups is 1. The van der Waals surface area contributed by atoms with Gasteiger partial charge in [0.1, 0.15) is 40.9 Å². The number of aromatic hydroxyl groups is 4. The first-order valence-corrected chi connectivity index (χ1v) is 12.2. The first-order chi connectivity index (χ1) is 17.0. The van der Waals surface area contributed by atoms with Crippen molar-refractivity contribution in [3.63, 3.8) is 0 Å². The number of carbonyl (C=O) groups excluding carboxylic acids is 1. The summed E-state index contributed by atoms with van der Waals surface area (Å²) in [7, 11) is 0. The molecule has 3 rings (SSSR count). The van der Waals surface area contributed by atoms with Crippen molar-refractivity contribution in [1.82, 2.24) is 0 Å². The highest BCUT2D eigenvalue weighted by Gasteiger charge is 2.36. The van der Waals surface area contributed by atoms with Crippen LogP contribution in [0, 0.1) is 0 Å². The number of phenolic OH excluding ortho intramolecular Hbond substituents is 4. The first-order valence-electron chi connectivity index (χ1n) is 12.2. The number of fused-ring (bicyclic) bond motifs is 1. The Hall–Kier alpha value is -3.67. The second-order valence-electron chi connectivity index (χ2n) is 9.92. The molecule has 0 aliphatic carbocycles. The Kier molecular flexibility index (Phi) is 8.51. The molecule has 192 valence electrons. The fourth-order valence-electron chi connectivity index (χ4n) is 4.24. The zero-order valence-corrected chi connectivity index (χ0v) is 21.7. The van der Waals surface area contributed by atoms with Crippen molar-refractivity contribution in [2.45, 2.75) is 66.2 Å². The number of Topliss-reactive ketones (excluding diaryl/α,β-unsaturated/α-hetero) is 1. The highest BCUT2D eigenvalue weighted by atomic mass is 16.5. The van der Waals surface area contributed by atoms with Crippen molar-refractivity contribution >= 4 is 5.78 Å². The van der Waals surface area contributed by atoms with Crippen molar-refractivity contribution in [2.75, 3.05) is 6.61 Å². The van der Waals surface area contributed by atoms with Crippen molar-refractivity contribution in [3.8, 4) is 28.7 Å². The van der Waals surface area contributed by atoms with Crippen LogP contribution in [0.2, 0.25) is 0 Å². The summed E-state index contributed by atoms with van der Waals surface area (Å²) in [5, 5.41) is 42.3. The number of allylic oxidation sites excluding steroid dienone is 6. The molecule has 36 heavy (non-hydrogen) atoms. The highest BCUT2D eigenvalue weighted by molar-refractivity contribution is 6.07. The van der Waals surface area contributed by atoms with E-state index in [1.165, 1.54) is 23.3 Å². The van der Waals surface area contributed by atoms with Gasteiger partial charge in [0.15, 0.2) is 5.78 Å². The Morgan fingerprint density at radius 1 is 0.889 bits per heavy atom. The minimum Gasteiger partial charge on any atom is -0.508 e. The van der Waals surface area contributed by atoms with Gasteiger partial charge >= 0.3 is 0 Å². The molecule has 2 aromatic rings. The molecule has 1 aliphatic heterocycles. The summed E-state index contributed by atoms with van der Waals surface area (Å²) < 4.78 is 5.74. The smallest absolute Gasteiger partial charge is 0.181 e. The van der Waals surface area contributed by atoms with Crippen molar-refractivity contribution in [2.24, 2.45) is 0 Å². The Morgan fingerprint density at radius 2 is 1.58 bits per heavy atom. The quantitative estimate of drug-likeness (QED) is 0.309. The molecule has 1 atom stereocenters. The molecule has 0 fully saturated rings. The molecule has 0 aromatic heterocycles. The van der Waals surface area contributed by atoms with Crippen molar-refractivity contribution in [1.29, 1.82) is 0 Å². The van der Waals surface area contributed by atoms with Crippen molar-refractivity contribution in [3.05, 3.63) is 75.4 Å². The molecular formula is C30H36O6. The molecule has 1 aliphatic rings. The van der Waals surface area contributed by atoms with E-state index < -0.39 is 11.7 Å². The van der Waals surface area contributed by atoms with E-state index in [4.69, 9.17) is 4.74 Å². The molecule has 0 spiro atoms. The summed E-state index contributed by atoms with van der Waals surface area (Å²) in [5.41, 5.74) is 4.61. The van der Waals surface area contributed by atoms with Gasteiger partial charge in [0, 0.05) is 23.3 Å². The molecular weight excluding hydrogens is 456 g/mol. The third kappa shape index (κ3) is 6.11. The van der Waals surface area contributed by atoms with Gasteiger partial charge < -0.3 is 25.2 Å². The van der Waals surface area contributed by atoms with Crippen LogP contribution in [-0.4, -0.2) is 32.8 Å². The molecule has 0 radical (unpaired) electrons. The summed E-state index contributed by atoms with van der Waals surface area (Å²) >= 11 is 0. The van der Waals surface area contributed by atoms with Crippen LogP contribution in [0.15, 0.2) is 53.1 Å². The Bertz CT molecular complexity index is 1240. The van der Waals surface area contributed by atoms with E-state index in [2.05, 4.69) is 19.9 Å². The SMILES string of the molecule is CC(C)=CCCC(C)=CCc1cc([C@H]2COc3cc(O)c(CC=C(C)C)c(O)c3C2=O)c(O)cc1O. The lowest BCUT2D eigenvalue weighted by Crippen LogP contribution is -2.26. The summed E-state index contributed by atoms with van der Waals surface area (Å²) in [4.78, 5) is 13.5. The summed E-state index contributed by atoms with van der Waals surface area (Å²) in [6, 6.07) is 4.22. The summed E-state index contributed by atoms with van der Waals surface area (Å²) in [6.45, 7) is 9.92. The van der Waals surface area contributed by atoms with Gasteiger partial charge in [-0.05, 0) is 71.9 Å². The highest BCUT2D eigenvalue weighted by Crippen LogP contribution is 2.45. The van der Waals surface area contributed by atoms with Gasteiger partial charge in [-0.15, -0.1) is 0 Å². The van der Waals surface area contributed by atoms with E-state index in [1.54, 1.807) is 6.07 Å². The van der Waals surface area contributed by atoms with Crippen LogP contribution in [0.4, 0.5) is 0 Å². The predicted molar refractivity (Wildman–Crippen MR) is 141 cm³/mol. The molecule has 1 heterocycles. The van der Waals surface area contributed by atoms with E-state index in [0.29, 0.717) is 17.5 Å². The normalized spacial score (nSPS) is 15.2. The van der Waals surface area contributed by atoms with Gasteiger partial charge in [-0.3, -0.25) is 4.79 Å². The third-order valence-corrected chi connectivity index (χ3v) is 6.39. The standard InChI is InChI=1S/C30H36O6/c1-17(2)7-6-8-19(5)10-11-20-13-22(25(32)14-24(20)31)23-16-36-27-15-26(33)21(12-9-18(3)4)29(34)28(27)30(23)35/h7,9-10,13-15,23,31-34H,6,8,11-12,16H2,1-5H3/t23-/m1/s1. The van der Waals surface area contributed by atoms with E-state index in [1.807, 2.05) is 32.9 Å². The number of ether oxygens (including phenoxy) is 1. The van der Waals surface area contributed by atoms with Gasteiger partial charge in [-0.25, -0.2) is 0 Å². The second kappa shape index (κ2) is 11.4. The van der Waals surface area contributed by atoms with E-state index in [0.717, 1.165) is 18.4 Å². The minimum atomic E-state index is -0.869. The Morgan fingerprint density at radius 3 is 2.25 bits per heavy atom. The zero-order valence-electron chi connectivity index (χ0n) is 21.7. The minimum absolute atomic E-state index is 0.00903. The summed E-state index contributed by atoms with van der Waals surface area (Å²) in [5.74, 6) is -1.89. The average Bonchev–Trinajstić information content (AvgIpc) is 2.78.